The van der Waals surface area contributed by atoms with Crippen molar-refractivity contribution in [2.75, 3.05) is 19.7 Å². The van der Waals surface area contributed by atoms with Gasteiger partial charge in [-0.05, 0) is 44.0 Å². The number of carbonyl (C=O) groups excluding carboxylic acids is 1. The van der Waals surface area contributed by atoms with Crippen molar-refractivity contribution in [3.63, 3.8) is 0 Å². The summed E-state index contributed by atoms with van der Waals surface area (Å²) < 4.78 is 5.54. The molecule has 1 aliphatic heterocycles. The lowest BCUT2D eigenvalue weighted by Gasteiger charge is -2.11. The Balaban J connectivity index is 1.62. The van der Waals surface area contributed by atoms with E-state index in [1.807, 2.05) is 0 Å². The predicted molar refractivity (Wildman–Crippen MR) is 80.6 cm³/mol. The molecule has 1 atom stereocenters. The molecule has 1 aromatic carbocycles. The summed E-state index contributed by atoms with van der Waals surface area (Å²) in [4.78, 5) is 11.7. The normalized spacial score (nSPS) is 18.0. The predicted octanol–water partition coefficient (Wildman–Crippen LogP) is 2.63. The first-order chi connectivity index (χ1) is 9.66. The highest BCUT2D eigenvalue weighted by molar-refractivity contribution is 6.35. The minimum absolute atomic E-state index is 0.0263. The lowest BCUT2D eigenvalue weighted by Crippen LogP contribution is -2.40. The molecule has 1 amide bonds. The second kappa shape index (κ2) is 7.72. The van der Waals surface area contributed by atoms with Crippen molar-refractivity contribution in [3.8, 4) is 5.75 Å². The number of amides is 1. The molecule has 2 rings (SSSR count). The molecule has 1 saturated heterocycles. The smallest absolute Gasteiger partial charge is 0.237 e. The Morgan fingerprint density at radius 2 is 2.30 bits per heavy atom. The van der Waals surface area contributed by atoms with Gasteiger partial charge in [0.2, 0.25) is 5.91 Å². The first-order valence-corrected chi connectivity index (χ1v) is 7.51. The molecule has 1 aliphatic rings. The zero-order chi connectivity index (χ0) is 14.4. The largest absolute Gasteiger partial charge is 0.492 e. The summed E-state index contributed by atoms with van der Waals surface area (Å²) in [5.41, 5.74) is 0. The molecule has 1 aromatic rings. The van der Waals surface area contributed by atoms with Gasteiger partial charge in [0.15, 0.2) is 0 Å². The van der Waals surface area contributed by atoms with Gasteiger partial charge in [0.1, 0.15) is 5.75 Å². The maximum Gasteiger partial charge on any atom is 0.237 e. The number of hydrogen-bond donors (Lipinski definition) is 2. The third-order valence-corrected chi connectivity index (χ3v) is 3.68. The first-order valence-electron chi connectivity index (χ1n) is 6.76. The van der Waals surface area contributed by atoms with Gasteiger partial charge in [-0.15, -0.1) is 0 Å². The Kier molecular flexibility index (Phi) is 5.95. The van der Waals surface area contributed by atoms with E-state index >= 15 is 0 Å². The average Bonchev–Trinajstić information content (AvgIpc) is 2.94. The number of rotatable bonds is 6. The van der Waals surface area contributed by atoms with Crippen molar-refractivity contribution in [3.05, 3.63) is 28.2 Å². The lowest BCUT2D eigenvalue weighted by atomic mass is 10.2. The average molecular weight is 317 g/mol. The number of halogens is 2. The number of carbonyl (C=O) groups is 1. The van der Waals surface area contributed by atoms with Crippen molar-refractivity contribution in [1.82, 2.24) is 10.6 Å². The van der Waals surface area contributed by atoms with Gasteiger partial charge >= 0.3 is 0 Å². The molecule has 0 aromatic heterocycles. The third kappa shape index (κ3) is 4.54. The van der Waals surface area contributed by atoms with Crippen LogP contribution in [0.15, 0.2) is 18.2 Å². The van der Waals surface area contributed by atoms with Crippen LogP contribution in [0, 0.1) is 0 Å². The fourth-order valence-electron chi connectivity index (χ4n) is 2.09. The quantitative estimate of drug-likeness (QED) is 0.793. The Hall–Kier alpha value is -0.970. The third-order valence-electron chi connectivity index (χ3n) is 3.15. The Morgan fingerprint density at radius 1 is 1.45 bits per heavy atom. The van der Waals surface area contributed by atoms with Crippen molar-refractivity contribution in [1.29, 1.82) is 0 Å². The van der Waals surface area contributed by atoms with Gasteiger partial charge in [0, 0.05) is 11.6 Å². The van der Waals surface area contributed by atoms with Crippen molar-refractivity contribution < 1.29 is 9.53 Å². The standard InChI is InChI=1S/C14H18Cl2N2O2/c15-10-4-5-13(11(16)9-10)20-8-2-7-18-14(19)12-3-1-6-17-12/h4-5,9,12,17H,1-3,6-8H2,(H,18,19). The van der Waals surface area contributed by atoms with Gasteiger partial charge in [-0.1, -0.05) is 23.2 Å². The van der Waals surface area contributed by atoms with Crippen LogP contribution < -0.4 is 15.4 Å². The van der Waals surface area contributed by atoms with Gasteiger partial charge < -0.3 is 15.4 Å². The molecule has 1 fully saturated rings. The summed E-state index contributed by atoms with van der Waals surface area (Å²) in [6.07, 6.45) is 2.72. The van der Waals surface area contributed by atoms with E-state index in [9.17, 15) is 4.79 Å². The molecule has 1 unspecified atom stereocenters. The highest BCUT2D eigenvalue weighted by Gasteiger charge is 2.21. The summed E-state index contributed by atoms with van der Waals surface area (Å²) in [6, 6.07) is 5.09. The second-order valence-electron chi connectivity index (χ2n) is 4.72. The van der Waals surface area contributed by atoms with E-state index in [0.717, 1.165) is 25.8 Å². The van der Waals surface area contributed by atoms with E-state index in [4.69, 9.17) is 27.9 Å². The molecular formula is C14H18Cl2N2O2. The molecule has 0 spiro atoms. The van der Waals surface area contributed by atoms with Crippen LogP contribution in [-0.4, -0.2) is 31.6 Å². The van der Waals surface area contributed by atoms with Gasteiger partial charge in [-0.25, -0.2) is 0 Å². The van der Waals surface area contributed by atoms with Crippen molar-refractivity contribution in [2.45, 2.75) is 25.3 Å². The number of nitrogens with one attached hydrogen (secondary N) is 2. The van der Waals surface area contributed by atoms with Crippen LogP contribution in [0.25, 0.3) is 0 Å². The molecule has 6 heteroatoms. The van der Waals surface area contributed by atoms with Crippen LogP contribution in [0.2, 0.25) is 10.0 Å². The van der Waals surface area contributed by atoms with E-state index in [1.165, 1.54) is 0 Å². The SMILES string of the molecule is O=C(NCCCOc1ccc(Cl)cc1Cl)C1CCCN1. The molecule has 0 radical (unpaired) electrons. The Morgan fingerprint density at radius 3 is 3.00 bits per heavy atom. The van der Waals surface area contributed by atoms with Gasteiger partial charge in [0.25, 0.3) is 0 Å². The second-order valence-corrected chi connectivity index (χ2v) is 5.56. The lowest BCUT2D eigenvalue weighted by molar-refractivity contribution is -0.122. The van der Waals surface area contributed by atoms with E-state index in [1.54, 1.807) is 18.2 Å². The van der Waals surface area contributed by atoms with Gasteiger partial charge in [0.05, 0.1) is 17.7 Å². The van der Waals surface area contributed by atoms with Crippen LogP contribution in [0.3, 0.4) is 0 Å². The highest BCUT2D eigenvalue weighted by Crippen LogP contribution is 2.27. The first kappa shape index (κ1) is 15.4. The summed E-state index contributed by atoms with van der Waals surface area (Å²) in [7, 11) is 0. The molecule has 110 valence electrons. The summed E-state index contributed by atoms with van der Waals surface area (Å²) in [5, 5.41) is 7.14. The van der Waals surface area contributed by atoms with Gasteiger partial charge in [-0.3, -0.25) is 4.79 Å². The zero-order valence-corrected chi connectivity index (χ0v) is 12.6. The zero-order valence-electron chi connectivity index (χ0n) is 11.1. The minimum Gasteiger partial charge on any atom is -0.492 e. The molecule has 0 saturated carbocycles. The number of hydrogen-bond acceptors (Lipinski definition) is 3. The Bertz CT molecular complexity index is 462. The summed E-state index contributed by atoms with van der Waals surface area (Å²) >= 11 is 11.8. The molecule has 20 heavy (non-hydrogen) atoms. The summed E-state index contributed by atoms with van der Waals surface area (Å²) in [5.74, 6) is 0.687. The Labute approximate surface area is 128 Å². The highest BCUT2D eigenvalue weighted by atomic mass is 35.5. The molecule has 1 heterocycles. The minimum atomic E-state index is -0.0263. The maximum absolute atomic E-state index is 11.7. The van der Waals surface area contributed by atoms with E-state index < -0.39 is 0 Å². The fraction of sp³-hybridized carbons (Fsp3) is 0.500. The summed E-state index contributed by atoms with van der Waals surface area (Å²) in [6.45, 7) is 2.03. The molecule has 2 N–H and O–H groups in total. The molecule has 4 nitrogen and oxygen atoms in total. The molecular weight excluding hydrogens is 299 g/mol. The van der Waals surface area contributed by atoms with E-state index in [2.05, 4.69) is 10.6 Å². The number of benzene rings is 1. The fourth-order valence-corrected chi connectivity index (χ4v) is 2.55. The van der Waals surface area contributed by atoms with Crippen LogP contribution >= 0.6 is 23.2 Å². The van der Waals surface area contributed by atoms with Gasteiger partial charge in [-0.2, -0.15) is 0 Å². The van der Waals surface area contributed by atoms with Crippen molar-refractivity contribution in [2.24, 2.45) is 0 Å². The van der Waals surface area contributed by atoms with Crippen LogP contribution in [0.4, 0.5) is 0 Å². The van der Waals surface area contributed by atoms with Crippen LogP contribution in [0.5, 0.6) is 5.75 Å². The molecule has 0 bridgehead atoms. The maximum atomic E-state index is 11.7. The number of ether oxygens (including phenoxy) is 1. The van der Waals surface area contributed by atoms with Crippen LogP contribution in [0.1, 0.15) is 19.3 Å². The van der Waals surface area contributed by atoms with E-state index in [0.29, 0.717) is 28.9 Å². The molecule has 0 aliphatic carbocycles. The monoisotopic (exact) mass is 316 g/mol. The van der Waals surface area contributed by atoms with Crippen molar-refractivity contribution >= 4 is 29.1 Å². The van der Waals surface area contributed by atoms with E-state index in [-0.39, 0.29) is 11.9 Å². The topological polar surface area (TPSA) is 50.4 Å². The van der Waals surface area contributed by atoms with Crippen LogP contribution in [-0.2, 0) is 4.79 Å².